The molecular formula is C38H45NO14. The van der Waals surface area contributed by atoms with Gasteiger partial charge in [0, 0.05) is 24.2 Å². The summed E-state index contributed by atoms with van der Waals surface area (Å²) in [6.07, 6.45) is -8.97. The number of fused-ring (bicyclic) bond motifs is 5. The summed E-state index contributed by atoms with van der Waals surface area (Å²) in [4.78, 5) is 54.7. The van der Waals surface area contributed by atoms with Crippen LogP contribution in [0.3, 0.4) is 0 Å². The van der Waals surface area contributed by atoms with Crippen molar-refractivity contribution in [2.24, 2.45) is 16.7 Å². The fourth-order valence-corrected chi connectivity index (χ4v) is 8.80. The van der Waals surface area contributed by atoms with E-state index < -0.39 is 101 Å². The molecule has 4 aliphatic rings. The third-order valence-corrected chi connectivity index (χ3v) is 11.9. The molecule has 2 aromatic rings. The molecule has 3 aliphatic carbocycles. The number of benzene rings is 1. The SMILES string of the molecule is C=CCOC(=O)N[C@@H](c1ccco1)[C@@H](O)C(=O)O[C@H]1C[C@@]2(O)[C@@H](OC(=O)c3ccccc3)[C@@H]3[C@]4(O)CO[C@@H]4C[C@H](O)[C@@]3(C)C(=O)[C@H](O)C(=C1C)C2(C)C. The number of esters is 2. The van der Waals surface area contributed by atoms with Crippen molar-refractivity contribution < 1.29 is 68.1 Å². The molecule has 15 heteroatoms. The van der Waals surface area contributed by atoms with Crippen LogP contribution in [0.4, 0.5) is 4.79 Å². The van der Waals surface area contributed by atoms with Crippen LogP contribution in [0.25, 0.3) is 0 Å². The van der Waals surface area contributed by atoms with Gasteiger partial charge in [0.25, 0.3) is 0 Å². The first-order valence-corrected chi connectivity index (χ1v) is 17.3. The molecule has 2 saturated carbocycles. The van der Waals surface area contributed by atoms with Crippen molar-refractivity contribution in [1.82, 2.24) is 5.32 Å². The number of hydrogen-bond acceptors (Lipinski definition) is 14. The number of aliphatic hydroxyl groups is 5. The van der Waals surface area contributed by atoms with E-state index in [0.717, 1.165) is 0 Å². The molecule has 0 spiro atoms. The zero-order valence-corrected chi connectivity index (χ0v) is 29.8. The predicted octanol–water partition coefficient (Wildman–Crippen LogP) is 1.67. The lowest BCUT2D eigenvalue weighted by Crippen LogP contribution is -2.81. The van der Waals surface area contributed by atoms with E-state index in [2.05, 4.69) is 11.9 Å². The summed E-state index contributed by atoms with van der Waals surface area (Å²) in [5.41, 5.74) is -7.64. The standard InChI is InChI=1S/C38H45NO14/c1-6-14-50-34(46)39-26(21-13-10-15-49-21)28(42)33(45)52-22-17-38(48)31(53-32(44)20-11-8-7-9-12-20)29-36(5,23(40)16-24-37(29,47)18-51-24)30(43)27(41)25(19(22)2)35(38,3)4/h6-13,15,22-24,26-29,31,40-42,47-48H,1,14,16-18H2,2-5H3,(H,39,46)/t22-,23-,24+,26-,27+,28+,29-,31-,36+,37-,38+/m0/s1. The molecule has 0 unspecified atom stereocenters. The van der Waals surface area contributed by atoms with E-state index in [1.54, 1.807) is 18.2 Å². The van der Waals surface area contributed by atoms with Crippen LogP contribution in [0.2, 0.25) is 0 Å². The van der Waals surface area contributed by atoms with E-state index in [-0.39, 0.29) is 42.1 Å². The summed E-state index contributed by atoms with van der Waals surface area (Å²) in [5.74, 6) is -4.67. The van der Waals surface area contributed by atoms with Gasteiger partial charge in [-0.1, -0.05) is 44.7 Å². The number of nitrogens with one attached hydrogen (secondary N) is 1. The Hall–Kier alpha value is -4.38. The molecule has 1 amide bonds. The zero-order chi connectivity index (χ0) is 38.7. The zero-order valence-electron chi connectivity index (χ0n) is 29.8. The first-order chi connectivity index (χ1) is 24.9. The van der Waals surface area contributed by atoms with Gasteiger partial charge in [0.05, 0.1) is 36.1 Å². The highest BCUT2D eigenvalue weighted by molar-refractivity contribution is 5.94. The fourth-order valence-electron chi connectivity index (χ4n) is 8.80. The quantitative estimate of drug-likeness (QED) is 0.122. The van der Waals surface area contributed by atoms with E-state index in [9.17, 15) is 44.7 Å². The van der Waals surface area contributed by atoms with E-state index >= 15 is 0 Å². The number of carbonyl (C=O) groups is 4. The van der Waals surface area contributed by atoms with Gasteiger partial charge in [0.1, 0.15) is 47.9 Å². The molecule has 2 bridgehead atoms. The molecule has 1 saturated heterocycles. The minimum Gasteiger partial charge on any atom is -0.467 e. The van der Waals surface area contributed by atoms with E-state index in [1.165, 1.54) is 64.3 Å². The number of carbonyl (C=O) groups excluding carboxylic acids is 4. The molecule has 11 atom stereocenters. The van der Waals surface area contributed by atoms with Gasteiger partial charge in [-0.2, -0.15) is 0 Å². The summed E-state index contributed by atoms with van der Waals surface area (Å²) < 4.78 is 27.9. The Morgan fingerprint density at radius 2 is 1.77 bits per heavy atom. The summed E-state index contributed by atoms with van der Waals surface area (Å²) in [5, 5.41) is 62.5. The maximum Gasteiger partial charge on any atom is 0.408 e. The van der Waals surface area contributed by atoms with Gasteiger partial charge in [-0.15, -0.1) is 0 Å². The van der Waals surface area contributed by atoms with Crippen molar-refractivity contribution in [2.75, 3.05) is 13.2 Å². The Morgan fingerprint density at radius 3 is 2.38 bits per heavy atom. The minimum atomic E-state index is -2.32. The van der Waals surface area contributed by atoms with Gasteiger partial charge < -0.3 is 54.2 Å². The van der Waals surface area contributed by atoms with Crippen LogP contribution in [-0.2, 0) is 28.5 Å². The molecule has 1 aliphatic heterocycles. The largest absolute Gasteiger partial charge is 0.467 e. The second-order valence-corrected chi connectivity index (χ2v) is 15.0. The second-order valence-electron chi connectivity index (χ2n) is 15.0. The van der Waals surface area contributed by atoms with Crippen molar-refractivity contribution in [3.63, 3.8) is 0 Å². The number of hydrogen-bond donors (Lipinski definition) is 6. The molecule has 286 valence electrons. The molecule has 2 heterocycles. The first kappa shape index (κ1) is 38.3. The number of ketones is 1. The molecule has 0 radical (unpaired) electrons. The molecule has 6 N–H and O–H groups in total. The minimum absolute atomic E-state index is 0.0248. The number of furan rings is 1. The van der Waals surface area contributed by atoms with Crippen LogP contribution in [0, 0.1) is 16.7 Å². The third-order valence-electron chi connectivity index (χ3n) is 11.9. The van der Waals surface area contributed by atoms with Gasteiger partial charge >= 0.3 is 18.0 Å². The lowest BCUT2D eigenvalue weighted by molar-refractivity contribution is -0.343. The molecule has 1 aromatic carbocycles. The van der Waals surface area contributed by atoms with Crippen molar-refractivity contribution in [3.05, 3.63) is 83.9 Å². The Morgan fingerprint density at radius 1 is 1.08 bits per heavy atom. The monoisotopic (exact) mass is 739 g/mol. The lowest BCUT2D eigenvalue weighted by atomic mass is 9.44. The molecule has 1 aromatic heterocycles. The van der Waals surface area contributed by atoms with Crippen molar-refractivity contribution >= 4 is 23.8 Å². The number of amides is 1. The van der Waals surface area contributed by atoms with Crippen LogP contribution < -0.4 is 5.32 Å². The van der Waals surface area contributed by atoms with Gasteiger partial charge in [-0.05, 0) is 49.3 Å². The second kappa shape index (κ2) is 13.8. The van der Waals surface area contributed by atoms with Gasteiger partial charge in [-0.25, -0.2) is 14.4 Å². The average molecular weight is 740 g/mol. The smallest absolute Gasteiger partial charge is 0.408 e. The third kappa shape index (κ3) is 5.99. The maximum absolute atomic E-state index is 14.6. The highest BCUT2D eigenvalue weighted by Crippen LogP contribution is 2.63. The van der Waals surface area contributed by atoms with E-state index in [0.29, 0.717) is 0 Å². The summed E-state index contributed by atoms with van der Waals surface area (Å²) in [7, 11) is 0. The first-order valence-electron chi connectivity index (χ1n) is 17.3. The number of rotatable bonds is 9. The molecule has 6 rings (SSSR count). The maximum atomic E-state index is 14.6. The number of ether oxygens (including phenoxy) is 4. The summed E-state index contributed by atoms with van der Waals surface area (Å²) in [6.45, 7) is 8.89. The van der Waals surface area contributed by atoms with E-state index in [4.69, 9.17) is 23.4 Å². The van der Waals surface area contributed by atoms with Crippen molar-refractivity contribution in [2.45, 2.75) is 94.4 Å². The fraction of sp³-hybridized carbons (Fsp3) is 0.526. The predicted molar refractivity (Wildman–Crippen MR) is 182 cm³/mol. The van der Waals surface area contributed by atoms with Crippen LogP contribution in [-0.4, -0.2) is 110 Å². The van der Waals surface area contributed by atoms with Crippen molar-refractivity contribution in [1.29, 1.82) is 0 Å². The van der Waals surface area contributed by atoms with Crippen molar-refractivity contribution in [3.8, 4) is 0 Å². The average Bonchev–Trinajstić information content (AvgIpc) is 3.66. The van der Waals surface area contributed by atoms with Crippen LogP contribution in [0.5, 0.6) is 0 Å². The number of Topliss-reactive ketones (excluding diaryl/α,β-unsaturated/α-hetero) is 1. The number of aliphatic hydroxyl groups excluding tert-OH is 3. The van der Waals surface area contributed by atoms with Crippen LogP contribution in [0.15, 0.2) is 76.9 Å². The molecule has 15 nitrogen and oxygen atoms in total. The normalized spacial score (nSPS) is 35.5. The molecular weight excluding hydrogens is 694 g/mol. The Kier molecular flexibility index (Phi) is 9.98. The van der Waals surface area contributed by atoms with Gasteiger partial charge in [0.2, 0.25) is 0 Å². The van der Waals surface area contributed by atoms with Gasteiger partial charge in [-0.3, -0.25) is 4.79 Å². The Labute approximate surface area is 305 Å². The topological polar surface area (TPSA) is 232 Å². The Bertz CT molecular complexity index is 1790. The molecule has 3 fully saturated rings. The summed E-state index contributed by atoms with van der Waals surface area (Å²) in [6, 6.07) is 9.20. The Balaban J connectivity index is 1.45. The van der Waals surface area contributed by atoms with E-state index in [1.807, 2.05) is 0 Å². The summed E-state index contributed by atoms with van der Waals surface area (Å²) >= 11 is 0. The highest BCUT2D eigenvalue weighted by atomic mass is 16.6. The lowest BCUT2D eigenvalue weighted by Gasteiger charge is -2.66. The highest BCUT2D eigenvalue weighted by Gasteiger charge is 2.76. The van der Waals surface area contributed by atoms with Gasteiger partial charge in [0.15, 0.2) is 11.9 Å². The van der Waals surface area contributed by atoms with Crippen LogP contribution in [0.1, 0.15) is 62.7 Å². The molecule has 53 heavy (non-hydrogen) atoms. The number of alkyl carbamates (subject to hydrolysis) is 1. The van der Waals surface area contributed by atoms with Crippen LogP contribution >= 0.6 is 0 Å².